The number of para-hydroxylation sites is 2. The van der Waals surface area contributed by atoms with Crippen LogP contribution in [0.4, 0.5) is 17.2 Å². The summed E-state index contributed by atoms with van der Waals surface area (Å²) in [5.41, 5.74) is 1.84. The average molecular weight is 466 g/mol. The molecule has 2 heterocycles. The second-order valence-corrected chi connectivity index (χ2v) is 8.35. The van der Waals surface area contributed by atoms with E-state index in [0.29, 0.717) is 16.6 Å². The number of rotatable bonds is 8. The molecule has 0 aliphatic carbocycles. The monoisotopic (exact) mass is 465 g/mol. The number of hydrogen-bond donors (Lipinski definition) is 1. The van der Waals surface area contributed by atoms with E-state index in [1.165, 1.54) is 17.4 Å². The normalized spacial score (nSPS) is 13.5. The first-order valence-electron chi connectivity index (χ1n) is 10.7. The molecule has 0 atom stereocenters. The van der Waals surface area contributed by atoms with Crippen LogP contribution in [0.3, 0.4) is 0 Å². The molecule has 2 aromatic carbocycles. The minimum absolute atomic E-state index is 0.133. The summed E-state index contributed by atoms with van der Waals surface area (Å²) < 4.78 is 10.5. The van der Waals surface area contributed by atoms with E-state index in [1.54, 1.807) is 20.4 Å². The van der Waals surface area contributed by atoms with E-state index in [9.17, 15) is 4.79 Å². The first kappa shape index (κ1) is 22.7. The smallest absolute Gasteiger partial charge is 0.234 e. The van der Waals surface area contributed by atoms with Gasteiger partial charge in [-0.2, -0.15) is 0 Å². The van der Waals surface area contributed by atoms with Gasteiger partial charge in [0.25, 0.3) is 0 Å². The Bertz CT molecular complexity index is 1070. The number of amides is 1. The van der Waals surface area contributed by atoms with Crippen molar-refractivity contribution in [1.29, 1.82) is 0 Å². The SMILES string of the molecule is COc1ccc(N2CCN(c3ccnc(SCC(=O)Nc4ccccc4OC)n3)CC2)cc1. The molecular weight excluding hydrogens is 438 g/mol. The number of aromatic nitrogens is 2. The number of benzene rings is 2. The van der Waals surface area contributed by atoms with Gasteiger partial charge in [-0.25, -0.2) is 9.97 Å². The van der Waals surface area contributed by atoms with Gasteiger partial charge in [0.15, 0.2) is 5.16 Å². The molecule has 1 amide bonds. The van der Waals surface area contributed by atoms with Crippen LogP contribution in [0.2, 0.25) is 0 Å². The fourth-order valence-electron chi connectivity index (χ4n) is 3.63. The largest absolute Gasteiger partial charge is 0.497 e. The van der Waals surface area contributed by atoms with Crippen LogP contribution in [-0.2, 0) is 4.79 Å². The maximum atomic E-state index is 12.4. The van der Waals surface area contributed by atoms with E-state index in [1.807, 2.05) is 42.5 Å². The van der Waals surface area contributed by atoms with Gasteiger partial charge in [0, 0.05) is 38.1 Å². The quantitative estimate of drug-likeness (QED) is 0.400. The van der Waals surface area contributed by atoms with E-state index in [2.05, 4.69) is 37.2 Å². The lowest BCUT2D eigenvalue weighted by Gasteiger charge is -2.36. The second kappa shape index (κ2) is 10.9. The summed E-state index contributed by atoms with van der Waals surface area (Å²) in [7, 11) is 3.25. The molecule has 9 heteroatoms. The van der Waals surface area contributed by atoms with Crippen LogP contribution in [0.25, 0.3) is 0 Å². The van der Waals surface area contributed by atoms with Gasteiger partial charge in [0.05, 0.1) is 25.7 Å². The van der Waals surface area contributed by atoms with Gasteiger partial charge in [-0.1, -0.05) is 23.9 Å². The molecule has 1 aromatic heterocycles. The Kier molecular flexibility index (Phi) is 7.51. The van der Waals surface area contributed by atoms with Crippen molar-refractivity contribution in [2.24, 2.45) is 0 Å². The van der Waals surface area contributed by atoms with Crippen molar-refractivity contribution < 1.29 is 14.3 Å². The first-order valence-corrected chi connectivity index (χ1v) is 11.7. The first-order chi connectivity index (χ1) is 16.2. The van der Waals surface area contributed by atoms with Gasteiger partial charge in [0.1, 0.15) is 17.3 Å². The van der Waals surface area contributed by atoms with Crippen LogP contribution in [0.1, 0.15) is 0 Å². The van der Waals surface area contributed by atoms with Crippen LogP contribution in [0, 0.1) is 0 Å². The summed E-state index contributed by atoms with van der Waals surface area (Å²) in [5.74, 6) is 2.45. The summed E-state index contributed by atoms with van der Waals surface area (Å²) in [6, 6.07) is 17.4. The Morgan fingerprint density at radius 2 is 1.70 bits per heavy atom. The molecule has 1 saturated heterocycles. The predicted octanol–water partition coefficient (Wildman–Crippen LogP) is 3.55. The van der Waals surface area contributed by atoms with Gasteiger partial charge in [-0.05, 0) is 42.5 Å². The number of carbonyl (C=O) groups is 1. The molecule has 1 aliphatic heterocycles. The number of thioether (sulfide) groups is 1. The third-order valence-electron chi connectivity index (χ3n) is 5.37. The average Bonchev–Trinajstić information content (AvgIpc) is 2.88. The lowest BCUT2D eigenvalue weighted by atomic mass is 10.2. The fourth-order valence-corrected chi connectivity index (χ4v) is 4.25. The number of ether oxygens (including phenoxy) is 2. The highest BCUT2D eigenvalue weighted by Crippen LogP contribution is 2.25. The van der Waals surface area contributed by atoms with Gasteiger partial charge >= 0.3 is 0 Å². The molecule has 1 N–H and O–H groups in total. The molecule has 1 aliphatic rings. The summed E-state index contributed by atoms with van der Waals surface area (Å²) in [6.07, 6.45) is 1.75. The van der Waals surface area contributed by atoms with Gasteiger partial charge < -0.3 is 24.6 Å². The molecule has 0 spiro atoms. The van der Waals surface area contributed by atoms with Gasteiger partial charge in [-0.3, -0.25) is 4.79 Å². The zero-order chi connectivity index (χ0) is 23.0. The lowest BCUT2D eigenvalue weighted by Crippen LogP contribution is -2.46. The van der Waals surface area contributed by atoms with Gasteiger partial charge in [-0.15, -0.1) is 0 Å². The van der Waals surface area contributed by atoms with E-state index >= 15 is 0 Å². The predicted molar refractivity (Wildman–Crippen MR) is 132 cm³/mol. The highest BCUT2D eigenvalue weighted by atomic mass is 32.2. The number of nitrogens with one attached hydrogen (secondary N) is 1. The summed E-state index contributed by atoms with van der Waals surface area (Å²) >= 11 is 1.32. The summed E-state index contributed by atoms with van der Waals surface area (Å²) in [4.78, 5) is 26.0. The molecule has 3 aromatic rings. The molecule has 0 radical (unpaired) electrons. The fraction of sp³-hybridized carbons (Fsp3) is 0.292. The molecule has 0 saturated carbocycles. The number of carbonyl (C=O) groups excluding carboxylic acids is 1. The van der Waals surface area contributed by atoms with Crippen molar-refractivity contribution in [3.8, 4) is 11.5 Å². The molecular formula is C24H27N5O3S. The topological polar surface area (TPSA) is 79.8 Å². The van der Waals surface area contributed by atoms with Crippen molar-refractivity contribution in [2.75, 3.05) is 61.3 Å². The molecule has 172 valence electrons. The Morgan fingerprint density at radius 3 is 2.42 bits per heavy atom. The van der Waals surface area contributed by atoms with E-state index in [-0.39, 0.29) is 11.7 Å². The Morgan fingerprint density at radius 1 is 0.970 bits per heavy atom. The number of methoxy groups -OCH3 is 2. The standard InChI is InChI=1S/C24H27N5O3S/c1-31-19-9-7-18(8-10-19)28-13-15-29(16-14-28)22-11-12-25-24(27-22)33-17-23(30)26-20-5-3-4-6-21(20)32-2/h3-12H,13-17H2,1-2H3,(H,26,30). The van der Waals surface area contributed by atoms with Crippen molar-refractivity contribution >= 4 is 34.9 Å². The molecule has 0 bridgehead atoms. The zero-order valence-electron chi connectivity index (χ0n) is 18.7. The lowest BCUT2D eigenvalue weighted by molar-refractivity contribution is -0.113. The van der Waals surface area contributed by atoms with Crippen LogP contribution >= 0.6 is 11.8 Å². The van der Waals surface area contributed by atoms with Crippen molar-refractivity contribution in [3.05, 3.63) is 60.8 Å². The summed E-state index contributed by atoms with van der Waals surface area (Å²) in [5, 5.41) is 3.46. The van der Waals surface area contributed by atoms with Crippen LogP contribution < -0.4 is 24.6 Å². The number of nitrogens with zero attached hydrogens (tertiary/aromatic N) is 4. The Balaban J connectivity index is 1.30. The Hall–Kier alpha value is -3.46. The van der Waals surface area contributed by atoms with Crippen LogP contribution in [0.5, 0.6) is 11.5 Å². The molecule has 33 heavy (non-hydrogen) atoms. The molecule has 0 unspecified atom stereocenters. The van der Waals surface area contributed by atoms with Gasteiger partial charge in [0.2, 0.25) is 5.91 Å². The third kappa shape index (κ3) is 5.87. The highest BCUT2D eigenvalue weighted by molar-refractivity contribution is 7.99. The van der Waals surface area contributed by atoms with Crippen LogP contribution in [-0.4, -0.2) is 62.0 Å². The minimum Gasteiger partial charge on any atom is -0.497 e. The van der Waals surface area contributed by atoms with Crippen molar-refractivity contribution in [1.82, 2.24) is 9.97 Å². The van der Waals surface area contributed by atoms with E-state index in [4.69, 9.17) is 9.47 Å². The number of hydrogen-bond acceptors (Lipinski definition) is 8. The summed E-state index contributed by atoms with van der Waals surface area (Å²) in [6.45, 7) is 3.53. The minimum atomic E-state index is -0.133. The van der Waals surface area contributed by atoms with Crippen LogP contribution in [0.15, 0.2) is 66.0 Å². The number of anilines is 3. The zero-order valence-corrected chi connectivity index (χ0v) is 19.5. The Labute approximate surface area is 197 Å². The number of piperazine rings is 1. The maximum absolute atomic E-state index is 12.4. The third-order valence-corrected chi connectivity index (χ3v) is 6.23. The van der Waals surface area contributed by atoms with E-state index in [0.717, 1.165) is 37.7 Å². The molecule has 4 rings (SSSR count). The molecule has 8 nitrogen and oxygen atoms in total. The van der Waals surface area contributed by atoms with Crippen molar-refractivity contribution in [2.45, 2.75) is 5.16 Å². The van der Waals surface area contributed by atoms with E-state index < -0.39 is 0 Å². The molecule has 1 fully saturated rings. The highest BCUT2D eigenvalue weighted by Gasteiger charge is 2.19. The maximum Gasteiger partial charge on any atom is 0.234 e. The second-order valence-electron chi connectivity index (χ2n) is 7.41. The van der Waals surface area contributed by atoms with Crippen molar-refractivity contribution in [3.63, 3.8) is 0 Å².